The first-order valence-electron chi connectivity index (χ1n) is 7.45. The molecule has 1 aromatic carbocycles. The zero-order chi connectivity index (χ0) is 15.1. The Bertz CT molecular complexity index is 856. The van der Waals surface area contributed by atoms with Gasteiger partial charge < -0.3 is 10.1 Å². The predicted molar refractivity (Wildman–Crippen MR) is 90.5 cm³/mol. The average Bonchev–Trinajstić information content (AvgIpc) is 3.07. The molecule has 0 spiro atoms. The Morgan fingerprint density at radius 3 is 2.91 bits per heavy atom. The van der Waals surface area contributed by atoms with E-state index < -0.39 is 0 Å². The Morgan fingerprint density at radius 2 is 2.05 bits per heavy atom. The molecule has 2 aromatic heterocycles. The fraction of sp³-hybridized carbons (Fsp3) is 0.294. The molecule has 0 aliphatic heterocycles. The summed E-state index contributed by atoms with van der Waals surface area (Å²) >= 11 is 1.81. The molecule has 0 atom stereocenters. The molecular formula is C17H17N3OS. The van der Waals surface area contributed by atoms with Crippen LogP contribution in [0.4, 0.5) is 11.5 Å². The van der Waals surface area contributed by atoms with Crippen molar-refractivity contribution in [2.24, 2.45) is 0 Å². The summed E-state index contributed by atoms with van der Waals surface area (Å²) in [5.41, 5.74) is 2.36. The molecule has 0 saturated heterocycles. The molecule has 0 amide bonds. The van der Waals surface area contributed by atoms with E-state index in [-0.39, 0.29) is 0 Å². The summed E-state index contributed by atoms with van der Waals surface area (Å²) in [5.74, 6) is 2.51. The second-order valence-corrected chi connectivity index (χ2v) is 6.57. The Labute approximate surface area is 133 Å². The molecule has 4 nitrogen and oxygen atoms in total. The van der Waals surface area contributed by atoms with Gasteiger partial charge >= 0.3 is 0 Å². The number of fused-ring (bicyclic) bond motifs is 3. The highest BCUT2D eigenvalue weighted by Crippen LogP contribution is 2.40. The number of hydrogen-bond donors (Lipinski definition) is 1. The van der Waals surface area contributed by atoms with Crippen LogP contribution in [0.25, 0.3) is 10.2 Å². The highest BCUT2D eigenvalue weighted by atomic mass is 32.1. The molecule has 1 aliphatic rings. The summed E-state index contributed by atoms with van der Waals surface area (Å²) in [6.45, 7) is 1.94. The number of anilines is 2. The minimum absolute atomic E-state index is 0.796. The zero-order valence-electron chi connectivity index (χ0n) is 12.6. The van der Waals surface area contributed by atoms with Gasteiger partial charge in [-0.15, -0.1) is 11.3 Å². The van der Waals surface area contributed by atoms with Crippen molar-refractivity contribution in [1.29, 1.82) is 0 Å². The molecule has 0 radical (unpaired) electrons. The third-order valence-electron chi connectivity index (χ3n) is 4.04. The van der Waals surface area contributed by atoms with E-state index in [2.05, 4.69) is 15.3 Å². The molecular weight excluding hydrogens is 294 g/mol. The first-order chi connectivity index (χ1) is 10.8. The van der Waals surface area contributed by atoms with Crippen LogP contribution >= 0.6 is 11.3 Å². The number of hydrogen-bond acceptors (Lipinski definition) is 5. The predicted octanol–water partition coefficient (Wildman–Crippen LogP) is 4.24. The van der Waals surface area contributed by atoms with Crippen molar-refractivity contribution < 1.29 is 4.74 Å². The molecule has 1 N–H and O–H groups in total. The maximum atomic E-state index is 5.43. The van der Waals surface area contributed by atoms with Crippen molar-refractivity contribution in [2.45, 2.75) is 26.2 Å². The molecule has 22 heavy (non-hydrogen) atoms. The molecule has 0 saturated carbocycles. The van der Waals surface area contributed by atoms with Crippen LogP contribution in [0, 0.1) is 6.92 Å². The van der Waals surface area contributed by atoms with E-state index in [1.165, 1.54) is 28.7 Å². The van der Waals surface area contributed by atoms with Crippen molar-refractivity contribution >= 4 is 33.1 Å². The number of methoxy groups -OCH3 is 1. The van der Waals surface area contributed by atoms with Gasteiger partial charge in [0.2, 0.25) is 0 Å². The van der Waals surface area contributed by atoms with Gasteiger partial charge in [0.1, 0.15) is 22.2 Å². The van der Waals surface area contributed by atoms with Crippen LogP contribution in [-0.2, 0) is 12.8 Å². The average molecular weight is 311 g/mol. The van der Waals surface area contributed by atoms with Gasteiger partial charge in [-0.2, -0.15) is 0 Å². The molecule has 5 heteroatoms. The van der Waals surface area contributed by atoms with Crippen LogP contribution in [-0.4, -0.2) is 17.1 Å². The maximum Gasteiger partial charge on any atom is 0.143 e. The second kappa shape index (κ2) is 5.25. The fourth-order valence-electron chi connectivity index (χ4n) is 3.07. The van der Waals surface area contributed by atoms with Gasteiger partial charge in [0.15, 0.2) is 0 Å². The fourth-order valence-corrected chi connectivity index (χ4v) is 4.38. The number of aromatic nitrogens is 2. The van der Waals surface area contributed by atoms with Crippen LogP contribution in [0.5, 0.6) is 5.75 Å². The largest absolute Gasteiger partial charge is 0.495 e. The van der Waals surface area contributed by atoms with Crippen molar-refractivity contribution in [3.63, 3.8) is 0 Å². The third kappa shape index (κ3) is 2.13. The monoisotopic (exact) mass is 311 g/mol. The first-order valence-corrected chi connectivity index (χ1v) is 8.27. The van der Waals surface area contributed by atoms with Crippen molar-refractivity contribution in [2.75, 3.05) is 12.4 Å². The van der Waals surface area contributed by atoms with E-state index in [0.29, 0.717) is 0 Å². The SMILES string of the molecule is COc1ccccc1Nc1nc(C)nc2sc3c(c12)CCC3. The van der Waals surface area contributed by atoms with Gasteiger partial charge in [0.25, 0.3) is 0 Å². The second-order valence-electron chi connectivity index (χ2n) is 5.48. The Hall–Kier alpha value is -2.14. The van der Waals surface area contributed by atoms with Crippen LogP contribution in [0.2, 0.25) is 0 Å². The van der Waals surface area contributed by atoms with Crippen LogP contribution in [0.3, 0.4) is 0 Å². The van der Waals surface area contributed by atoms with E-state index >= 15 is 0 Å². The topological polar surface area (TPSA) is 47.0 Å². The number of rotatable bonds is 3. The molecule has 112 valence electrons. The first kappa shape index (κ1) is 13.5. The lowest BCUT2D eigenvalue weighted by molar-refractivity contribution is 0.417. The van der Waals surface area contributed by atoms with E-state index in [0.717, 1.165) is 34.3 Å². The Morgan fingerprint density at radius 1 is 1.18 bits per heavy atom. The maximum absolute atomic E-state index is 5.43. The summed E-state index contributed by atoms with van der Waals surface area (Å²) in [5, 5.41) is 4.64. The minimum atomic E-state index is 0.796. The minimum Gasteiger partial charge on any atom is -0.495 e. The van der Waals surface area contributed by atoms with Gasteiger partial charge in [0.05, 0.1) is 18.2 Å². The number of nitrogens with one attached hydrogen (secondary N) is 1. The van der Waals surface area contributed by atoms with Gasteiger partial charge in [-0.25, -0.2) is 9.97 Å². The number of para-hydroxylation sites is 2. The number of aryl methyl sites for hydroxylation is 3. The van der Waals surface area contributed by atoms with Gasteiger partial charge in [-0.05, 0) is 43.9 Å². The molecule has 3 aromatic rings. The summed E-state index contributed by atoms with van der Waals surface area (Å²) in [7, 11) is 1.68. The summed E-state index contributed by atoms with van der Waals surface area (Å²) in [6, 6.07) is 7.92. The smallest absolute Gasteiger partial charge is 0.143 e. The molecule has 4 rings (SSSR count). The summed E-state index contributed by atoms with van der Waals surface area (Å²) < 4.78 is 5.43. The standard InChI is InChI=1S/C17H17N3OS/c1-10-18-16(20-12-7-3-4-8-13(12)21-2)15-11-6-5-9-14(11)22-17(15)19-10/h3-4,7-8H,5-6,9H2,1-2H3,(H,18,19,20). The van der Waals surface area contributed by atoms with Gasteiger partial charge in [0, 0.05) is 4.88 Å². The highest BCUT2D eigenvalue weighted by Gasteiger charge is 2.22. The molecule has 0 bridgehead atoms. The van der Waals surface area contributed by atoms with Crippen molar-refractivity contribution in [3.8, 4) is 5.75 Å². The molecule has 1 aliphatic carbocycles. The number of ether oxygens (including phenoxy) is 1. The van der Waals surface area contributed by atoms with Crippen molar-refractivity contribution in [3.05, 3.63) is 40.5 Å². The molecule has 2 heterocycles. The van der Waals surface area contributed by atoms with Crippen LogP contribution < -0.4 is 10.1 Å². The van der Waals surface area contributed by atoms with Crippen LogP contribution in [0.15, 0.2) is 24.3 Å². The van der Waals surface area contributed by atoms with E-state index in [1.54, 1.807) is 7.11 Å². The molecule has 0 fully saturated rings. The summed E-state index contributed by atoms with van der Waals surface area (Å²) in [4.78, 5) is 11.8. The van der Waals surface area contributed by atoms with Gasteiger partial charge in [-0.1, -0.05) is 12.1 Å². The third-order valence-corrected chi connectivity index (χ3v) is 5.22. The lowest BCUT2D eigenvalue weighted by Crippen LogP contribution is -2.00. The Kier molecular flexibility index (Phi) is 3.22. The zero-order valence-corrected chi connectivity index (χ0v) is 13.5. The molecule has 0 unspecified atom stereocenters. The van der Waals surface area contributed by atoms with E-state index in [4.69, 9.17) is 4.74 Å². The van der Waals surface area contributed by atoms with Gasteiger partial charge in [-0.3, -0.25) is 0 Å². The number of benzene rings is 1. The summed E-state index contributed by atoms with van der Waals surface area (Å²) in [6.07, 6.45) is 3.53. The van der Waals surface area contributed by atoms with Crippen LogP contribution in [0.1, 0.15) is 22.7 Å². The Balaban J connectivity index is 1.87. The lowest BCUT2D eigenvalue weighted by atomic mass is 10.2. The van der Waals surface area contributed by atoms with E-state index in [1.807, 2.05) is 42.5 Å². The lowest BCUT2D eigenvalue weighted by Gasteiger charge is -2.12. The number of nitrogens with zero attached hydrogens (tertiary/aromatic N) is 2. The van der Waals surface area contributed by atoms with Crippen molar-refractivity contribution in [1.82, 2.24) is 9.97 Å². The number of thiophene rings is 1. The normalized spacial score (nSPS) is 13.4. The quantitative estimate of drug-likeness (QED) is 0.786. The van der Waals surface area contributed by atoms with E-state index in [9.17, 15) is 0 Å². The highest BCUT2D eigenvalue weighted by molar-refractivity contribution is 7.19.